The molecule has 9 nitrogen and oxygen atoms in total. The second-order valence-corrected chi connectivity index (χ2v) is 8.72. The quantitative estimate of drug-likeness (QED) is 0.355. The van der Waals surface area contributed by atoms with Crippen LogP contribution < -0.4 is 16.4 Å². The summed E-state index contributed by atoms with van der Waals surface area (Å²) in [6.07, 6.45) is 0. The highest BCUT2D eigenvalue weighted by molar-refractivity contribution is 7.94. The number of anilines is 1. The lowest BCUT2D eigenvalue weighted by Gasteiger charge is -2.20. The fourth-order valence-corrected chi connectivity index (χ4v) is 3.12. The second kappa shape index (κ2) is 7.75. The Morgan fingerprint density at radius 3 is 2.50 bits per heavy atom. The lowest BCUT2D eigenvalue weighted by atomic mass is 10.2. The van der Waals surface area contributed by atoms with Crippen molar-refractivity contribution in [1.82, 2.24) is 10.6 Å². The first-order chi connectivity index (χ1) is 11.0. The Morgan fingerprint density at radius 2 is 2.00 bits per heavy atom. The highest BCUT2D eigenvalue weighted by atomic mass is 32.2. The second-order valence-electron chi connectivity index (χ2n) is 4.90. The lowest BCUT2D eigenvalue weighted by molar-refractivity contribution is 0.0952. The van der Waals surface area contributed by atoms with Gasteiger partial charge in [0.2, 0.25) is 0 Å². The molecule has 1 rings (SSSR count). The number of nitrogens with two attached hydrogens (primary N) is 1. The van der Waals surface area contributed by atoms with Crippen molar-refractivity contribution < 1.29 is 26.2 Å². The van der Waals surface area contributed by atoms with Crippen LogP contribution in [0.25, 0.3) is 0 Å². The van der Waals surface area contributed by atoms with Crippen LogP contribution in [0.15, 0.2) is 36.3 Å². The fourth-order valence-electron chi connectivity index (χ4n) is 1.72. The number of hydrogen-bond donors (Lipinski definition) is 4. The molecule has 0 fully saturated rings. The van der Waals surface area contributed by atoms with Crippen LogP contribution >= 0.6 is 0 Å². The van der Waals surface area contributed by atoms with E-state index < -0.39 is 43.2 Å². The minimum Gasteiger partial charge on any atom is -0.399 e. The number of benzene rings is 1. The number of carbonyl (C=O) groups excluding carboxylic acids is 1. The summed E-state index contributed by atoms with van der Waals surface area (Å²) in [4.78, 5) is 12.0. The summed E-state index contributed by atoms with van der Waals surface area (Å²) >= 11 is 0. The Labute approximate surface area is 140 Å². The standard InChI is InChI=1S/C13H19N3O6S2/c1-3-23(18,19)9(2)16-12(24(20,21)22)8-15-13(17)10-5-4-6-11(14)7-10/h3-7,9,12,16H,1,8,14H2,2H3,(H,15,17)(H,20,21,22). The molecule has 1 aromatic rings. The molecule has 0 bridgehead atoms. The summed E-state index contributed by atoms with van der Waals surface area (Å²) < 4.78 is 55.2. The Kier molecular flexibility index (Phi) is 6.49. The third kappa shape index (κ3) is 5.60. The van der Waals surface area contributed by atoms with Gasteiger partial charge in [0, 0.05) is 16.7 Å². The number of rotatable bonds is 8. The minimum atomic E-state index is -4.66. The van der Waals surface area contributed by atoms with Gasteiger partial charge in [-0.15, -0.1) is 0 Å². The van der Waals surface area contributed by atoms with Gasteiger partial charge in [-0.2, -0.15) is 8.42 Å². The Balaban J connectivity index is 2.85. The lowest BCUT2D eigenvalue weighted by Crippen LogP contribution is -2.50. The molecule has 0 aliphatic carbocycles. The van der Waals surface area contributed by atoms with Gasteiger partial charge in [-0.3, -0.25) is 14.7 Å². The Bertz CT molecular complexity index is 820. The van der Waals surface area contributed by atoms with Gasteiger partial charge < -0.3 is 11.1 Å². The first-order valence-corrected chi connectivity index (χ1v) is 9.81. The van der Waals surface area contributed by atoms with Crippen molar-refractivity contribution in [3.05, 3.63) is 41.8 Å². The zero-order chi connectivity index (χ0) is 18.5. The van der Waals surface area contributed by atoms with E-state index in [1.807, 2.05) is 0 Å². The van der Waals surface area contributed by atoms with Crippen LogP contribution in [0.5, 0.6) is 0 Å². The molecule has 2 unspecified atom stereocenters. The average molecular weight is 377 g/mol. The molecular weight excluding hydrogens is 358 g/mol. The van der Waals surface area contributed by atoms with Crippen LogP contribution in [0, 0.1) is 0 Å². The average Bonchev–Trinajstić information content (AvgIpc) is 2.49. The molecular formula is C13H19N3O6S2. The van der Waals surface area contributed by atoms with Crippen molar-refractivity contribution in [2.24, 2.45) is 0 Å². The van der Waals surface area contributed by atoms with Crippen LogP contribution in [0.2, 0.25) is 0 Å². The molecule has 1 aromatic carbocycles. The minimum absolute atomic E-state index is 0.191. The van der Waals surface area contributed by atoms with Crippen molar-refractivity contribution >= 4 is 31.5 Å². The molecule has 0 aromatic heterocycles. The zero-order valence-corrected chi connectivity index (χ0v) is 14.5. The van der Waals surface area contributed by atoms with Crippen molar-refractivity contribution in [2.75, 3.05) is 12.3 Å². The molecule has 5 N–H and O–H groups in total. The van der Waals surface area contributed by atoms with Gasteiger partial charge in [0.25, 0.3) is 16.0 Å². The molecule has 11 heteroatoms. The topological polar surface area (TPSA) is 156 Å². The number of carbonyl (C=O) groups is 1. The summed E-state index contributed by atoms with van der Waals surface area (Å²) in [5, 5.41) is 2.14. The van der Waals surface area contributed by atoms with E-state index in [4.69, 9.17) is 5.73 Å². The predicted octanol–water partition coefficient (Wildman–Crippen LogP) is -0.294. The maximum atomic E-state index is 12.0. The van der Waals surface area contributed by atoms with Crippen molar-refractivity contribution in [3.8, 4) is 0 Å². The van der Waals surface area contributed by atoms with Crippen LogP contribution in [0.4, 0.5) is 5.69 Å². The van der Waals surface area contributed by atoms with Gasteiger partial charge in [0.05, 0.1) is 6.54 Å². The van der Waals surface area contributed by atoms with Crippen LogP contribution in [0.1, 0.15) is 17.3 Å². The molecule has 0 saturated heterocycles. The van der Waals surface area contributed by atoms with Crippen LogP contribution in [-0.4, -0.2) is 44.6 Å². The largest absolute Gasteiger partial charge is 0.399 e. The molecule has 2 atom stereocenters. The monoisotopic (exact) mass is 377 g/mol. The van der Waals surface area contributed by atoms with Crippen molar-refractivity contribution in [1.29, 1.82) is 0 Å². The van der Waals surface area contributed by atoms with Gasteiger partial charge >= 0.3 is 0 Å². The van der Waals surface area contributed by atoms with E-state index in [0.717, 1.165) is 0 Å². The predicted molar refractivity (Wildman–Crippen MR) is 90.2 cm³/mol. The van der Waals surface area contributed by atoms with E-state index in [0.29, 0.717) is 11.1 Å². The van der Waals surface area contributed by atoms with Crippen LogP contribution in [-0.2, 0) is 20.0 Å². The van der Waals surface area contributed by atoms with E-state index in [-0.39, 0.29) is 5.56 Å². The van der Waals surface area contributed by atoms with E-state index in [1.54, 1.807) is 12.1 Å². The highest BCUT2D eigenvalue weighted by Gasteiger charge is 2.29. The molecule has 0 heterocycles. The number of amides is 1. The normalized spacial score (nSPS) is 14.6. The van der Waals surface area contributed by atoms with Gasteiger partial charge in [-0.25, -0.2) is 8.42 Å². The fraction of sp³-hybridized carbons (Fsp3) is 0.308. The van der Waals surface area contributed by atoms with Gasteiger partial charge in [-0.1, -0.05) is 12.6 Å². The summed E-state index contributed by atoms with van der Waals surface area (Å²) in [6.45, 7) is 3.76. The molecule has 0 radical (unpaired) electrons. The molecule has 24 heavy (non-hydrogen) atoms. The van der Waals surface area contributed by atoms with Gasteiger partial charge in [0.1, 0.15) is 5.37 Å². The van der Waals surface area contributed by atoms with Crippen molar-refractivity contribution in [2.45, 2.75) is 17.7 Å². The summed E-state index contributed by atoms with van der Waals surface area (Å²) in [6, 6.07) is 5.96. The SMILES string of the molecule is C=CS(=O)(=O)C(C)NC(CNC(=O)c1cccc(N)c1)S(=O)(=O)O. The molecule has 0 aliphatic rings. The van der Waals surface area contributed by atoms with Crippen LogP contribution in [0.3, 0.4) is 0 Å². The maximum absolute atomic E-state index is 12.0. The van der Waals surface area contributed by atoms with E-state index in [2.05, 4.69) is 17.2 Å². The first-order valence-electron chi connectivity index (χ1n) is 6.70. The third-order valence-corrected chi connectivity index (χ3v) is 5.71. The Hall–Kier alpha value is -1.95. The summed E-state index contributed by atoms with van der Waals surface area (Å²) in [7, 11) is -8.47. The number of nitrogen functional groups attached to an aromatic ring is 1. The van der Waals surface area contributed by atoms with E-state index >= 15 is 0 Å². The van der Waals surface area contributed by atoms with Crippen molar-refractivity contribution in [3.63, 3.8) is 0 Å². The summed E-state index contributed by atoms with van der Waals surface area (Å²) in [5.74, 6) is -0.628. The number of nitrogens with one attached hydrogen (secondary N) is 2. The molecule has 0 spiro atoms. The maximum Gasteiger partial charge on any atom is 0.282 e. The first kappa shape index (κ1) is 20.1. The molecule has 134 valence electrons. The van der Waals surface area contributed by atoms with E-state index in [9.17, 15) is 26.2 Å². The molecule has 0 saturated carbocycles. The number of sulfone groups is 1. The highest BCUT2D eigenvalue weighted by Crippen LogP contribution is 2.07. The molecule has 0 aliphatic heterocycles. The number of hydrogen-bond acceptors (Lipinski definition) is 7. The summed E-state index contributed by atoms with van der Waals surface area (Å²) in [5.41, 5.74) is 6.08. The van der Waals surface area contributed by atoms with Gasteiger partial charge in [0.15, 0.2) is 15.2 Å². The molecule has 1 amide bonds. The zero-order valence-electron chi connectivity index (χ0n) is 12.8. The Morgan fingerprint density at radius 1 is 1.38 bits per heavy atom. The smallest absolute Gasteiger partial charge is 0.282 e. The van der Waals surface area contributed by atoms with Gasteiger partial charge in [-0.05, 0) is 25.1 Å². The third-order valence-electron chi connectivity index (χ3n) is 3.10. The van der Waals surface area contributed by atoms with E-state index in [1.165, 1.54) is 19.1 Å².